The molecule has 7 heteroatoms. The molecule has 0 aliphatic heterocycles. The van der Waals surface area contributed by atoms with Gasteiger partial charge in [-0.3, -0.25) is 0 Å². The Bertz CT molecular complexity index is 836. The standard InChI is InChI=1S/C15H9ClF2N2O2/c1-21-9-4-2-3-8(5-9)14-19-15(22-20-14)10-6-12(17)13(18)7-11(10)16/h2-7H,1H3. The molecular weight excluding hydrogens is 314 g/mol. The number of ether oxygens (including phenoxy) is 1. The summed E-state index contributed by atoms with van der Waals surface area (Å²) in [5.74, 6) is -1.16. The molecule has 0 aliphatic rings. The lowest BCUT2D eigenvalue weighted by Gasteiger charge is -2.00. The van der Waals surface area contributed by atoms with Gasteiger partial charge in [0.25, 0.3) is 5.89 Å². The largest absolute Gasteiger partial charge is 0.497 e. The minimum absolute atomic E-state index is 0.00159. The summed E-state index contributed by atoms with van der Waals surface area (Å²) in [7, 11) is 1.54. The van der Waals surface area contributed by atoms with Crippen molar-refractivity contribution >= 4 is 11.6 Å². The molecule has 112 valence electrons. The van der Waals surface area contributed by atoms with Crippen molar-refractivity contribution in [3.05, 3.63) is 53.1 Å². The molecule has 0 spiro atoms. The van der Waals surface area contributed by atoms with E-state index in [0.717, 1.165) is 12.1 Å². The highest BCUT2D eigenvalue weighted by Gasteiger charge is 2.17. The first kappa shape index (κ1) is 14.5. The van der Waals surface area contributed by atoms with E-state index in [1.54, 1.807) is 31.4 Å². The molecule has 0 bridgehead atoms. The average molecular weight is 323 g/mol. The fourth-order valence-electron chi connectivity index (χ4n) is 1.90. The number of hydrogen-bond acceptors (Lipinski definition) is 4. The molecule has 0 atom stereocenters. The Kier molecular flexibility index (Phi) is 3.77. The van der Waals surface area contributed by atoms with Crippen molar-refractivity contribution in [1.29, 1.82) is 0 Å². The van der Waals surface area contributed by atoms with E-state index in [9.17, 15) is 8.78 Å². The topological polar surface area (TPSA) is 48.2 Å². The maximum atomic E-state index is 13.3. The molecular formula is C15H9ClF2N2O2. The minimum Gasteiger partial charge on any atom is -0.497 e. The zero-order valence-corrected chi connectivity index (χ0v) is 12.1. The summed E-state index contributed by atoms with van der Waals surface area (Å²) in [6.45, 7) is 0. The second-order valence-electron chi connectivity index (χ2n) is 4.40. The average Bonchev–Trinajstić information content (AvgIpc) is 3.00. The first-order chi connectivity index (χ1) is 10.6. The summed E-state index contributed by atoms with van der Waals surface area (Å²) < 4.78 is 36.6. The first-order valence-electron chi connectivity index (χ1n) is 6.21. The van der Waals surface area contributed by atoms with E-state index >= 15 is 0 Å². The van der Waals surface area contributed by atoms with Crippen LogP contribution < -0.4 is 4.74 Å². The lowest BCUT2D eigenvalue weighted by molar-refractivity contribution is 0.414. The Balaban J connectivity index is 2.02. The van der Waals surface area contributed by atoms with E-state index in [1.807, 2.05) is 0 Å². The van der Waals surface area contributed by atoms with E-state index in [1.165, 1.54) is 0 Å². The first-order valence-corrected chi connectivity index (χ1v) is 6.59. The molecule has 1 aromatic heterocycles. The van der Waals surface area contributed by atoms with E-state index in [2.05, 4.69) is 10.1 Å². The highest BCUT2D eigenvalue weighted by atomic mass is 35.5. The third kappa shape index (κ3) is 2.65. The Morgan fingerprint density at radius 2 is 1.91 bits per heavy atom. The van der Waals surface area contributed by atoms with Gasteiger partial charge in [0.15, 0.2) is 11.6 Å². The summed E-state index contributed by atoms with van der Waals surface area (Å²) in [6, 6.07) is 8.82. The summed E-state index contributed by atoms with van der Waals surface area (Å²) >= 11 is 5.88. The van der Waals surface area contributed by atoms with Crippen LogP contribution in [0.3, 0.4) is 0 Å². The molecule has 0 saturated carbocycles. The predicted octanol–water partition coefficient (Wildman–Crippen LogP) is 4.34. The van der Waals surface area contributed by atoms with Gasteiger partial charge in [0, 0.05) is 5.56 Å². The molecule has 0 saturated heterocycles. The number of methoxy groups -OCH3 is 1. The van der Waals surface area contributed by atoms with Crippen LogP contribution >= 0.6 is 11.6 Å². The highest BCUT2D eigenvalue weighted by Crippen LogP contribution is 2.30. The molecule has 2 aromatic carbocycles. The van der Waals surface area contributed by atoms with Crippen LogP contribution in [0.1, 0.15) is 0 Å². The quantitative estimate of drug-likeness (QED) is 0.673. The fourth-order valence-corrected chi connectivity index (χ4v) is 2.13. The minimum atomic E-state index is -1.04. The van der Waals surface area contributed by atoms with E-state index < -0.39 is 11.6 Å². The van der Waals surface area contributed by atoms with Gasteiger partial charge in [-0.2, -0.15) is 4.98 Å². The Hall–Kier alpha value is -2.47. The second-order valence-corrected chi connectivity index (χ2v) is 4.81. The SMILES string of the molecule is COc1cccc(-c2noc(-c3cc(F)c(F)cc3Cl)n2)c1. The number of nitrogens with zero attached hydrogens (tertiary/aromatic N) is 2. The monoisotopic (exact) mass is 322 g/mol. The molecule has 0 aliphatic carbocycles. The van der Waals surface area contributed by atoms with Gasteiger partial charge in [0.2, 0.25) is 5.82 Å². The van der Waals surface area contributed by atoms with E-state index in [0.29, 0.717) is 11.3 Å². The van der Waals surface area contributed by atoms with Crippen molar-refractivity contribution in [3.63, 3.8) is 0 Å². The van der Waals surface area contributed by atoms with Crippen molar-refractivity contribution < 1.29 is 18.0 Å². The van der Waals surface area contributed by atoms with Gasteiger partial charge in [0.05, 0.1) is 17.7 Å². The van der Waals surface area contributed by atoms with E-state index in [4.69, 9.17) is 20.9 Å². The molecule has 0 fully saturated rings. The maximum absolute atomic E-state index is 13.3. The van der Waals surface area contributed by atoms with Gasteiger partial charge in [-0.05, 0) is 24.3 Å². The number of benzene rings is 2. The van der Waals surface area contributed by atoms with Crippen LogP contribution in [0.25, 0.3) is 22.8 Å². The summed E-state index contributed by atoms with van der Waals surface area (Å²) in [5, 5.41) is 3.80. The van der Waals surface area contributed by atoms with Gasteiger partial charge in [-0.1, -0.05) is 28.9 Å². The van der Waals surface area contributed by atoms with Crippen LogP contribution in [0, 0.1) is 11.6 Å². The molecule has 0 radical (unpaired) electrons. The Morgan fingerprint density at radius 1 is 1.14 bits per heavy atom. The smallest absolute Gasteiger partial charge is 0.259 e. The van der Waals surface area contributed by atoms with Gasteiger partial charge >= 0.3 is 0 Å². The second kappa shape index (κ2) is 5.73. The highest BCUT2D eigenvalue weighted by molar-refractivity contribution is 6.33. The lowest BCUT2D eigenvalue weighted by atomic mass is 10.2. The summed E-state index contributed by atoms with van der Waals surface area (Å²) in [5.41, 5.74) is 0.787. The molecule has 3 rings (SSSR count). The summed E-state index contributed by atoms with van der Waals surface area (Å²) in [4.78, 5) is 4.15. The van der Waals surface area contributed by atoms with Crippen molar-refractivity contribution in [2.75, 3.05) is 7.11 Å². The number of rotatable bonds is 3. The van der Waals surface area contributed by atoms with Crippen LogP contribution in [0.4, 0.5) is 8.78 Å². The molecule has 1 heterocycles. The van der Waals surface area contributed by atoms with Crippen molar-refractivity contribution in [1.82, 2.24) is 10.1 Å². The molecule has 0 unspecified atom stereocenters. The van der Waals surface area contributed by atoms with E-state index in [-0.39, 0.29) is 22.3 Å². The zero-order valence-electron chi connectivity index (χ0n) is 11.3. The zero-order chi connectivity index (χ0) is 15.7. The third-order valence-electron chi connectivity index (χ3n) is 2.99. The number of hydrogen-bond donors (Lipinski definition) is 0. The van der Waals surface area contributed by atoms with Gasteiger partial charge < -0.3 is 9.26 Å². The van der Waals surface area contributed by atoms with Gasteiger partial charge in [-0.15, -0.1) is 0 Å². The molecule has 0 N–H and O–H groups in total. The molecule has 22 heavy (non-hydrogen) atoms. The van der Waals surface area contributed by atoms with Crippen LogP contribution in [0.15, 0.2) is 40.9 Å². The molecule has 4 nitrogen and oxygen atoms in total. The lowest BCUT2D eigenvalue weighted by Crippen LogP contribution is -1.88. The Morgan fingerprint density at radius 3 is 2.68 bits per heavy atom. The molecule has 0 amide bonds. The fraction of sp³-hybridized carbons (Fsp3) is 0.0667. The van der Waals surface area contributed by atoms with Gasteiger partial charge in [-0.25, -0.2) is 8.78 Å². The number of halogens is 3. The van der Waals surface area contributed by atoms with Crippen LogP contribution in [0.2, 0.25) is 5.02 Å². The maximum Gasteiger partial charge on any atom is 0.259 e. The van der Waals surface area contributed by atoms with Crippen LogP contribution in [-0.4, -0.2) is 17.3 Å². The van der Waals surface area contributed by atoms with Crippen LogP contribution in [-0.2, 0) is 0 Å². The predicted molar refractivity (Wildman–Crippen MR) is 76.6 cm³/mol. The van der Waals surface area contributed by atoms with Crippen molar-refractivity contribution in [2.24, 2.45) is 0 Å². The van der Waals surface area contributed by atoms with Crippen molar-refractivity contribution in [3.8, 4) is 28.6 Å². The van der Waals surface area contributed by atoms with Crippen LogP contribution in [0.5, 0.6) is 5.75 Å². The summed E-state index contributed by atoms with van der Waals surface area (Å²) in [6.07, 6.45) is 0. The Labute approximate surface area is 129 Å². The van der Waals surface area contributed by atoms with Crippen molar-refractivity contribution in [2.45, 2.75) is 0 Å². The molecule has 3 aromatic rings. The van der Waals surface area contributed by atoms with Gasteiger partial charge in [0.1, 0.15) is 5.75 Å². The third-order valence-corrected chi connectivity index (χ3v) is 3.31. The number of aromatic nitrogens is 2. The normalized spacial score (nSPS) is 10.7.